The third-order valence-electron chi connectivity index (χ3n) is 5.77. The Morgan fingerprint density at radius 2 is 2.23 bits per heavy atom. The average Bonchev–Trinajstić information content (AvgIpc) is 2.91. The molecule has 4 rings (SSSR count). The summed E-state index contributed by atoms with van der Waals surface area (Å²) >= 11 is 0. The van der Waals surface area contributed by atoms with Crippen molar-refractivity contribution in [3.05, 3.63) is 36.0 Å². The fraction of sp³-hybridized carbons (Fsp3) is 0.474. The number of hydrogen-bond acceptors (Lipinski definition) is 2. The van der Waals surface area contributed by atoms with Crippen LogP contribution in [0.2, 0.25) is 0 Å². The number of methoxy groups -OCH3 is 1. The lowest BCUT2D eigenvalue weighted by Gasteiger charge is -2.48. The SMILES string of the molecule is C=C1c2[nH]c3ccc(OC)cc3c2C2[C@@H](CC)C1CCN2C. The lowest BCUT2D eigenvalue weighted by Crippen LogP contribution is -2.44. The molecule has 1 aromatic heterocycles. The summed E-state index contributed by atoms with van der Waals surface area (Å²) in [5.41, 5.74) is 5.21. The maximum Gasteiger partial charge on any atom is 0.119 e. The quantitative estimate of drug-likeness (QED) is 0.898. The second kappa shape index (κ2) is 4.88. The molecule has 3 nitrogen and oxygen atoms in total. The number of rotatable bonds is 2. The molecule has 1 aliphatic heterocycles. The molecule has 1 N–H and O–H groups in total. The van der Waals surface area contributed by atoms with E-state index in [1.807, 2.05) is 6.07 Å². The molecule has 0 radical (unpaired) electrons. The van der Waals surface area contributed by atoms with E-state index in [4.69, 9.17) is 4.74 Å². The van der Waals surface area contributed by atoms with E-state index >= 15 is 0 Å². The first-order valence-electron chi connectivity index (χ1n) is 8.24. The average molecular weight is 296 g/mol. The predicted molar refractivity (Wildman–Crippen MR) is 91.1 cm³/mol. The third-order valence-corrected chi connectivity index (χ3v) is 5.77. The molecule has 3 heteroatoms. The van der Waals surface area contributed by atoms with Crippen molar-refractivity contribution in [2.75, 3.05) is 20.7 Å². The van der Waals surface area contributed by atoms with Crippen LogP contribution in [0.5, 0.6) is 5.75 Å². The number of benzene rings is 1. The standard InChI is InChI=1S/C19H24N2O/c1-5-13-14-8-9-21(3)19(13)17-15-10-12(22-4)6-7-16(15)20-18(17)11(14)2/h6-7,10,13-14,19-20H,2,5,8-9H2,1,3-4H3/t13-,14?,19?/m0/s1. The molecule has 2 aliphatic rings. The summed E-state index contributed by atoms with van der Waals surface area (Å²) in [6, 6.07) is 6.82. The van der Waals surface area contributed by atoms with Crippen LogP contribution in [0.3, 0.4) is 0 Å². The van der Waals surface area contributed by atoms with E-state index in [2.05, 4.69) is 42.6 Å². The van der Waals surface area contributed by atoms with Gasteiger partial charge in [-0.15, -0.1) is 0 Å². The number of likely N-dealkylation sites (tertiary alicyclic amines) is 1. The van der Waals surface area contributed by atoms with Crippen molar-refractivity contribution in [2.45, 2.75) is 25.8 Å². The van der Waals surface area contributed by atoms with E-state index in [-0.39, 0.29) is 0 Å². The predicted octanol–water partition coefficient (Wildman–Crippen LogP) is 4.22. The van der Waals surface area contributed by atoms with Crippen molar-refractivity contribution in [2.24, 2.45) is 11.8 Å². The van der Waals surface area contributed by atoms with Gasteiger partial charge in [-0.05, 0) is 55.6 Å². The highest BCUT2D eigenvalue weighted by Crippen LogP contribution is 2.53. The van der Waals surface area contributed by atoms with E-state index in [0.29, 0.717) is 17.9 Å². The lowest BCUT2D eigenvalue weighted by atomic mass is 9.66. The maximum absolute atomic E-state index is 5.44. The summed E-state index contributed by atoms with van der Waals surface area (Å²) in [5, 5.41) is 1.30. The van der Waals surface area contributed by atoms with Gasteiger partial charge in [0.1, 0.15) is 5.75 Å². The molecule has 2 heterocycles. The van der Waals surface area contributed by atoms with Gasteiger partial charge in [0, 0.05) is 28.2 Å². The van der Waals surface area contributed by atoms with Gasteiger partial charge in [-0.2, -0.15) is 0 Å². The van der Waals surface area contributed by atoms with Gasteiger partial charge in [-0.1, -0.05) is 19.9 Å². The Morgan fingerprint density at radius 1 is 1.41 bits per heavy atom. The molecule has 2 bridgehead atoms. The van der Waals surface area contributed by atoms with Crippen molar-refractivity contribution in [3.8, 4) is 5.75 Å². The Hall–Kier alpha value is -1.74. The van der Waals surface area contributed by atoms with Crippen molar-refractivity contribution < 1.29 is 4.74 Å². The zero-order valence-electron chi connectivity index (χ0n) is 13.6. The normalized spacial score (nSPS) is 28.0. The van der Waals surface area contributed by atoms with Crippen LogP contribution in [0.25, 0.3) is 16.5 Å². The fourth-order valence-corrected chi connectivity index (χ4v) is 4.68. The van der Waals surface area contributed by atoms with Crippen molar-refractivity contribution >= 4 is 16.5 Å². The van der Waals surface area contributed by atoms with Crippen LogP contribution in [0, 0.1) is 11.8 Å². The second-order valence-electron chi connectivity index (χ2n) is 6.74. The first-order chi connectivity index (χ1) is 10.7. The molecule has 1 aliphatic carbocycles. The zero-order valence-corrected chi connectivity index (χ0v) is 13.6. The number of H-pyrrole nitrogens is 1. The minimum Gasteiger partial charge on any atom is -0.497 e. The molecular formula is C19H24N2O. The number of nitrogens with zero attached hydrogens (tertiary/aromatic N) is 1. The largest absolute Gasteiger partial charge is 0.497 e. The van der Waals surface area contributed by atoms with E-state index in [0.717, 1.165) is 12.3 Å². The minimum absolute atomic E-state index is 0.491. The summed E-state index contributed by atoms with van der Waals surface area (Å²) in [4.78, 5) is 6.16. The van der Waals surface area contributed by atoms with Crippen LogP contribution in [-0.4, -0.2) is 30.6 Å². The monoisotopic (exact) mass is 296 g/mol. The summed E-state index contributed by atoms with van der Waals surface area (Å²) in [5.74, 6) is 2.21. The van der Waals surface area contributed by atoms with Gasteiger partial charge in [-0.3, -0.25) is 4.90 Å². The number of allylic oxidation sites excluding steroid dienone is 1. The highest BCUT2D eigenvalue weighted by Gasteiger charge is 2.44. The molecule has 2 unspecified atom stereocenters. The smallest absolute Gasteiger partial charge is 0.119 e. The highest BCUT2D eigenvalue weighted by atomic mass is 16.5. The number of aromatic amines is 1. The second-order valence-corrected chi connectivity index (χ2v) is 6.74. The molecule has 0 spiro atoms. The summed E-state index contributed by atoms with van der Waals surface area (Å²) in [6.07, 6.45) is 2.43. The number of piperidine rings is 1. The minimum atomic E-state index is 0.491. The van der Waals surface area contributed by atoms with Gasteiger partial charge >= 0.3 is 0 Å². The number of fused-ring (bicyclic) bond motifs is 6. The molecule has 1 saturated heterocycles. The molecule has 0 amide bonds. The third kappa shape index (κ3) is 1.72. The Bertz CT molecular complexity index is 745. The van der Waals surface area contributed by atoms with Crippen molar-refractivity contribution in [1.29, 1.82) is 0 Å². The Morgan fingerprint density at radius 3 is 2.95 bits per heavy atom. The molecule has 0 saturated carbocycles. The van der Waals surface area contributed by atoms with Gasteiger partial charge in [0.2, 0.25) is 0 Å². The number of nitrogens with one attached hydrogen (secondary N) is 1. The molecule has 3 atom stereocenters. The van der Waals surface area contributed by atoms with E-state index < -0.39 is 0 Å². The zero-order chi connectivity index (χ0) is 15.4. The molecule has 1 aromatic carbocycles. The summed E-state index contributed by atoms with van der Waals surface area (Å²) in [6.45, 7) is 7.93. The maximum atomic E-state index is 5.44. The Labute approximate surface area is 132 Å². The van der Waals surface area contributed by atoms with Crippen molar-refractivity contribution in [3.63, 3.8) is 0 Å². The van der Waals surface area contributed by atoms with Crippen LogP contribution < -0.4 is 4.74 Å². The van der Waals surface area contributed by atoms with Crippen LogP contribution in [0.15, 0.2) is 24.8 Å². The molecule has 1 fully saturated rings. The van der Waals surface area contributed by atoms with Gasteiger partial charge in [0.05, 0.1) is 7.11 Å². The van der Waals surface area contributed by atoms with Gasteiger partial charge in [-0.25, -0.2) is 0 Å². The van der Waals surface area contributed by atoms with Gasteiger partial charge in [0.25, 0.3) is 0 Å². The van der Waals surface area contributed by atoms with E-state index in [1.54, 1.807) is 7.11 Å². The van der Waals surface area contributed by atoms with Crippen LogP contribution in [-0.2, 0) is 0 Å². The number of ether oxygens (including phenoxy) is 1. The van der Waals surface area contributed by atoms with Gasteiger partial charge < -0.3 is 9.72 Å². The topological polar surface area (TPSA) is 28.3 Å². The molecular weight excluding hydrogens is 272 g/mol. The van der Waals surface area contributed by atoms with Crippen LogP contribution in [0.4, 0.5) is 0 Å². The highest BCUT2D eigenvalue weighted by molar-refractivity contribution is 5.92. The summed E-state index contributed by atoms with van der Waals surface area (Å²) < 4.78 is 5.44. The first-order valence-corrected chi connectivity index (χ1v) is 8.24. The van der Waals surface area contributed by atoms with Crippen molar-refractivity contribution in [1.82, 2.24) is 9.88 Å². The van der Waals surface area contributed by atoms with Crippen LogP contribution >= 0.6 is 0 Å². The fourth-order valence-electron chi connectivity index (χ4n) is 4.68. The first kappa shape index (κ1) is 13.9. The van der Waals surface area contributed by atoms with Crippen LogP contribution in [0.1, 0.15) is 37.1 Å². The Kier molecular flexibility index (Phi) is 3.08. The molecule has 116 valence electrons. The lowest BCUT2D eigenvalue weighted by molar-refractivity contribution is 0.0839. The van der Waals surface area contributed by atoms with Gasteiger partial charge in [0.15, 0.2) is 0 Å². The van der Waals surface area contributed by atoms with E-state index in [1.165, 1.54) is 40.6 Å². The van der Waals surface area contributed by atoms with E-state index in [9.17, 15) is 0 Å². The molecule has 22 heavy (non-hydrogen) atoms. The number of hydrogen-bond donors (Lipinski definition) is 1. The number of aromatic nitrogens is 1. The summed E-state index contributed by atoms with van der Waals surface area (Å²) in [7, 11) is 4.00. The Balaban J connectivity index is 2.00. The molecule has 2 aromatic rings.